The molecule has 26 heavy (non-hydrogen) atoms. The summed E-state index contributed by atoms with van der Waals surface area (Å²) in [6.45, 7) is 0.609. The van der Waals surface area contributed by atoms with Crippen molar-refractivity contribution in [2.24, 2.45) is 7.05 Å². The molecule has 4 aromatic rings. The van der Waals surface area contributed by atoms with Crippen LogP contribution in [-0.4, -0.2) is 48.1 Å². The third-order valence-corrected chi connectivity index (χ3v) is 4.02. The van der Waals surface area contributed by atoms with E-state index < -0.39 is 0 Å². The van der Waals surface area contributed by atoms with E-state index in [0.717, 1.165) is 28.5 Å². The molecule has 9 heteroatoms. The van der Waals surface area contributed by atoms with E-state index in [1.165, 1.54) is 0 Å². The van der Waals surface area contributed by atoms with Crippen molar-refractivity contribution in [3.63, 3.8) is 0 Å². The van der Waals surface area contributed by atoms with E-state index in [-0.39, 0.29) is 0 Å². The van der Waals surface area contributed by atoms with Crippen molar-refractivity contribution in [2.75, 3.05) is 19.0 Å². The van der Waals surface area contributed by atoms with E-state index in [4.69, 9.17) is 4.74 Å². The molecule has 1 N–H and O–H groups in total. The van der Waals surface area contributed by atoms with Crippen molar-refractivity contribution in [2.45, 2.75) is 6.42 Å². The number of hydrogen-bond acceptors (Lipinski definition) is 7. The average Bonchev–Trinajstić information content (AvgIpc) is 3.26. The van der Waals surface area contributed by atoms with Gasteiger partial charge in [0.15, 0.2) is 5.65 Å². The van der Waals surface area contributed by atoms with Gasteiger partial charge in [0.1, 0.15) is 11.6 Å². The van der Waals surface area contributed by atoms with Crippen LogP contribution < -0.4 is 5.32 Å². The van der Waals surface area contributed by atoms with E-state index >= 15 is 0 Å². The lowest BCUT2D eigenvalue weighted by Crippen LogP contribution is -2.03. The van der Waals surface area contributed by atoms with Crippen LogP contribution in [0.2, 0.25) is 0 Å². The van der Waals surface area contributed by atoms with Crippen LogP contribution in [0.5, 0.6) is 0 Å². The molecule has 9 nitrogen and oxygen atoms in total. The van der Waals surface area contributed by atoms with Gasteiger partial charge in [-0.3, -0.25) is 9.08 Å². The maximum absolute atomic E-state index is 5.11. The highest BCUT2D eigenvalue weighted by molar-refractivity contribution is 5.65. The van der Waals surface area contributed by atoms with Gasteiger partial charge in [-0.15, -0.1) is 10.2 Å². The zero-order valence-electron chi connectivity index (χ0n) is 14.5. The number of hydrogen-bond donors (Lipinski definition) is 1. The average molecular weight is 350 g/mol. The lowest BCUT2D eigenvalue weighted by molar-refractivity contribution is 0.200. The predicted octanol–water partition coefficient (Wildman–Crippen LogP) is 1.85. The number of methoxy groups -OCH3 is 1. The van der Waals surface area contributed by atoms with E-state index in [0.29, 0.717) is 19.0 Å². The van der Waals surface area contributed by atoms with Gasteiger partial charge in [-0.2, -0.15) is 5.10 Å². The summed E-state index contributed by atoms with van der Waals surface area (Å²) < 4.78 is 8.79. The number of ether oxygens (including phenoxy) is 1. The molecule has 4 heterocycles. The molecule has 0 spiro atoms. The fourth-order valence-electron chi connectivity index (χ4n) is 2.65. The quantitative estimate of drug-likeness (QED) is 0.567. The van der Waals surface area contributed by atoms with Crippen molar-refractivity contribution in [1.29, 1.82) is 0 Å². The molecule has 0 unspecified atom stereocenters. The Bertz CT molecular complexity index is 1040. The summed E-state index contributed by atoms with van der Waals surface area (Å²) in [4.78, 5) is 8.85. The molecule has 132 valence electrons. The molecular weight excluding hydrogens is 332 g/mol. The number of nitrogens with zero attached hydrogens (tertiary/aromatic N) is 7. The molecule has 0 aliphatic rings. The van der Waals surface area contributed by atoms with Gasteiger partial charge < -0.3 is 10.1 Å². The van der Waals surface area contributed by atoms with Gasteiger partial charge in [0.25, 0.3) is 0 Å². The van der Waals surface area contributed by atoms with Gasteiger partial charge >= 0.3 is 0 Å². The van der Waals surface area contributed by atoms with Gasteiger partial charge in [0.2, 0.25) is 5.95 Å². The highest BCUT2D eigenvalue weighted by atomic mass is 16.5. The molecule has 4 aromatic heterocycles. The van der Waals surface area contributed by atoms with Crippen molar-refractivity contribution < 1.29 is 4.74 Å². The van der Waals surface area contributed by atoms with E-state index in [2.05, 4.69) is 30.6 Å². The number of pyridine rings is 1. The molecule has 0 atom stereocenters. The van der Waals surface area contributed by atoms with Crippen molar-refractivity contribution >= 4 is 17.4 Å². The Kier molecular flexibility index (Phi) is 4.28. The van der Waals surface area contributed by atoms with Crippen LogP contribution >= 0.6 is 0 Å². The van der Waals surface area contributed by atoms with Crippen LogP contribution in [0, 0.1) is 0 Å². The molecule has 0 aliphatic carbocycles. The maximum Gasteiger partial charge on any atom is 0.228 e. The number of fused-ring (bicyclic) bond motifs is 1. The van der Waals surface area contributed by atoms with Gasteiger partial charge in [0, 0.05) is 44.6 Å². The van der Waals surface area contributed by atoms with Crippen molar-refractivity contribution in [1.82, 2.24) is 34.3 Å². The minimum atomic E-state index is 0.508. The zero-order chi connectivity index (χ0) is 17.9. The Morgan fingerprint density at radius 3 is 2.88 bits per heavy atom. The summed E-state index contributed by atoms with van der Waals surface area (Å²) in [6.07, 6.45) is 6.10. The third kappa shape index (κ3) is 3.11. The van der Waals surface area contributed by atoms with Crippen LogP contribution in [0.25, 0.3) is 16.9 Å². The second-order valence-electron chi connectivity index (χ2n) is 5.73. The Balaban J connectivity index is 1.63. The largest absolute Gasteiger partial charge is 0.384 e. The monoisotopic (exact) mass is 350 g/mol. The van der Waals surface area contributed by atoms with Crippen molar-refractivity contribution in [3.05, 3.63) is 48.7 Å². The van der Waals surface area contributed by atoms with E-state index in [1.54, 1.807) is 24.2 Å². The summed E-state index contributed by atoms with van der Waals surface area (Å²) in [5.74, 6) is 2.20. The predicted molar refractivity (Wildman–Crippen MR) is 96.1 cm³/mol. The van der Waals surface area contributed by atoms with Crippen LogP contribution in [0.15, 0.2) is 42.9 Å². The molecule has 0 amide bonds. The maximum atomic E-state index is 5.11. The van der Waals surface area contributed by atoms with Crippen LogP contribution in [0.1, 0.15) is 5.82 Å². The lowest BCUT2D eigenvalue weighted by Gasteiger charge is -2.07. The first kappa shape index (κ1) is 16.2. The SMILES string of the molecule is COCCc1nnc2cc(-c3ccnc(Nc4ccnn4C)n3)ccn12. The van der Waals surface area contributed by atoms with Gasteiger partial charge in [-0.1, -0.05) is 0 Å². The number of nitrogens with one attached hydrogen (secondary N) is 1. The van der Waals surface area contributed by atoms with Crippen molar-refractivity contribution in [3.8, 4) is 11.3 Å². The Hall–Kier alpha value is -3.33. The standard InChI is InChI=1S/C17H18N8O/c1-24-14(4-8-19-24)21-17-18-7-3-13(20-17)12-5-9-25-15(6-10-26-2)22-23-16(25)11-12/h3-5,7-9,11H,6,10H2,1-2H3,(H,18,20,21). The Morgan fingerprint density at radius 1 is 1.15 bits per heavy atom. The molecular formula is C17H18N8O. The molecule has 0 bridgehead atoms. The first-order chi connectivity index (χ1) is 12.7. The normalized spacial score (nSPS) is 11.2. The first-order valence-corrected chi connectivity index (χ1v) is 8.15. The molecule has 0 aliphatic heterocycles. The molecule has 0 aromatic carbocycles. The fourth-order valence-corrected chi connectivity index (χ4v) is 2.65. The number of aryl methyl sites for hydroxylation is 1. The third-order valence-electron chi connectivity index (χ3n) is 4.02. The second kappa shape index (κ2) is 6.89. The minimum absolute atomic E-state index is 0.508. The number of anilines is 2. The van der Waals surface area contributed by atoms with E-state index in [9.17, 15) is 0 Å². The molecule has 0 saturated heterocycles. The van der Waals surface area contributed by atoms with Crippen LogP contribution in [-0.2, 0) is 18.2 Å². The minimum Gasteiger partial charge on any atom is -0.384 e. The van der Waals surface area contributed by atoms with Crippen LogP contribution in [0.4, 0.5) is 11.8 Å². The summed E-state index contributed by atoms with van der Waals surface area (Å²) in [5.41, 5.74) is 2.51. The van der Waals surface area contributed by atoms with Gasteiger partial charge in [0.05, 0.1) is 18.5 Å². The number of rotatable bonds is 6. The smallest absolute Gasteiger partial charge is 0.228 e. The Labute approximate surface area is 149 Å². The van der Waals surface area contributed by atoms with Crippen LogP contribution in [0.3, 0.4) is 0 Å². The second-order valence-corrected chi connectivity index (χ2v) is 5.73. The van der Waals surface area contributed by atoms with Gasteiger partial charge in [-0.25, -0.2) is 9.97 Å². The first-order valence-electron chi connectivity index (χ1n) is 8.15. The van der Waals surface area contributed by atoms with Gasteiger partial charge in [-0.05, 0) is 18.2 Å². The summed E-state index contributed by atoms with van der Waals surface area (Å²) in [5, 5.41) is 15.7. The van der Waals surface area contributed by atoms with E-state index in [1.807, 2.05) is 41.9 Å². The lowest BCUT2D eigenvalue weighted by atomic mass is 10.2. The number of aromatic nitrogens is 7. The molecule has 0 saturated carbocycles. The molecule has 0 fully saturated rings. The highest BCUT2D eigenvalue weighted by Crippen LogP contribution is 2.21. The Morgan fingerprint density at radius 2 is 2.08 bits per heavy atom. The molecule has 0 radical (unpaired) electrons. The fraction of sp³-hybridized carbons (Fsp3) is 0.235. The summed E-state index contributed by atoms with van der Waals surface area (Å²) in [7, 11) is 3.53. The topological polar surface area (TPSA) is 95.0 Å². The molecule has 4 rings (SSSR count). The summed E-state index contributed by atoms with van der Waals surface area (Å²) in [6, 6.07) is 7.67. The summed E-state index contributed by atoms with van der Waals surface area (Å²) >= 11 is 0. The zero-order valence-corrected chi connectivity index (χ0v) is 14.5. The highest BCUT2D eigenvalue weighted by Gasteiger charge is 2.09.